The summed E-state index contributed by atoms with van der Waals surface area (Å²) in [6, 6.07) is 8.81. The summed E-state index contributed by atoms with van der Waals surface area (Å²) < 4.78 is 5.75. The minimum Gasteiger partial charge on any atom is -0.504 e. The van der Waals surface area contributed by atoms with Gasteiger partial charge in [-0.25, -0.2) is 0 Å². The van der Waals surface area contributed by atoms with E-state index in [4.69, 9.17) is 4.74 Å². The Bertz CT molecular complexity index is 861. The Labute approximate surface area is 151 Å². The standard InChI is InChI=1S/C21H20O5/c1-3-5-6-7-15(4-2)26-16-10-8-14(9-11-16)19(23)17-12-13-18(22)21(25)20(17)24/h3,5-13,22,24-25H,1,4H2,2H3/b6-5-,15-7+. The van der Waals surface area contributed by atoms with Crippen molar-refractivity contribution in [2.24, 2.45) is 0 Å². The van der Waals surface area contributed by atoms with Gasteiger partial charge in [0.1, 0.15) is 11.5 Å². The smallest absolute Gasteiger partial charge is 0.201 e. The van der Waals surface area contributed by atoms with Crippen LogP contribution in [0.5, 0.6) is 23.0 Å². The number of rotatable bonds is 7. The lowest BCUT2D eigenvalue weighted by Crippen LogP contribution is -2.02. The van der Waals surface area contributed by atoms with Crippen molar-refractivity contribution in [3.8, 4) is 23.0 Å². The van der Waals surface area contributed by atoms with Crippen molar-refractivity contribution in [1.29, 1.82) is 0 Å². The number of hydrogen-bond acceptors (Lipinski definition) is 5. The zero-order valence-electron chi connectivity index (χ0n) is 14.3. The number of carbonyl (C=O) groups excluding carboxylic acids is 1. The van der Waals surface area contributed by atoms with Crippen LogP contribution in [-0.2, 0) is 0 Å². The summed E-state index contributed by atoms with van der Waals surface area (Å²) in [7, 11) is 0. The number of aromatic hydroxyl groups is 3. The van der Waals surface area contributed by atoms with Crippen LogP contribution >= 0.6 is 0 Å². The molecule has 0 heterocycles. The van der Waals surface area contributed by atoms with E-state index in [1.54, 1.807) is 36.4 Å². The molecule has 0 aliphatic rings. The zero-order valence-corrected chi connectivity index (χ0v) is 14.3. The van der Waals surface area contributed by atoms with Crippen LogP contribution in [0.4, 0.5) is 0 Å². The van der Waals surface area contributed by atoms with Crippen LogP contribution < -0.4 is 4.74 Å². The summed E-state index contributed by atoms with van der Waals surface area (Å²) in [5, 5.41) is 28.7. The number of ketones is 1. The molecule has 0 aliphatic heterocycles. The largest absolute Gasteiger partial charge is 0.504 e. The summed E-state index contributed by atoms with van der Waals surface area (Å²) >= 11 is 0. The molecule has 0 bridgehead atoms. The summed E-state index contributed by atoms with van der Waals surface area (Å²) in [5.41, 5.74) is 0.212. The van der Waals surface area contributed by atoms with E-state index in [1.807, 2.05) is 19.1 Å². The maximum Gasteiger partial charge on any atom is 0.201 e. The quantitative estimate of drug-likeness (QED) is 0.297. The minimum atomic E-state index is -0.721. The van der Waals surface area contributed by atoms with Gasteiger partial charge >= 0.3 is 0 Å². The Balaban J connectivity index is 2.20. The van der Waals surface area contributed by atoms with Gasteiger partial charge in [-0.3, -0.25) is 4.79 Å². The minimum absolute atomic E-state index is 0.0994. The Hall–Kier alpha value is -3.47. The molecule has 2 aromatic rings. The second-order valence-corrected chi connectivity index (χ2v) is 5.39. The molecule has 2 aromatic carbocycles. The third-order valence-corrected chi connectivity index (χ3v) is 3.62. The third kappa shape index (κ3) is 4.33. The molecular formula is C21H20O5. The number of phenols is 3. The zero-order chi connectivity index (χ0) is 19.1. The molecule has 5 nitrogen and oxygen atoms in total. The maximum absolute atomic E-state index is 12.5. The Morgan fingerprint density at radius 3 is 2.35 bits per heavy atom. The summed E-state index contributed by atoms with van der Waals surface area (Å²) in [4.78, 5) is 12.5. The van der Waals surface area contributed by atoms with E-state index >= 15 is 0 Å². The molecule has 134 valence electrons. The number of ether oxygens (including phenoxy) is 1. The highest BCUT2D eigenvalue weighted by atomic mass is 16.5. The lowest BCUT2D eigenvalue weighted by Gasteiger charge is -2.09. The van der Waals surface area contributed by atoms with Crippen LogP contribution in [-0.4, -0.2) is 21.1 Å². The van der Waals surface area contributed by atoms with E-state index in [9.17, 15) is 20.1 Å². The van der Waals surface area contributed by atoms with E-state index in [0.29, 0.717) is 17.7 Å². The Morgan fingerprint density at radius 1 is 1.04 bits per heavy atom. The molecule has 0 radical (unpaired) electrons. The summed E-state index contributed by atoms with van der Waals surface area (Å²) in [6.07, 6.45) is 7.81. The lowest BCUT2D eigenvalue weighted by atomic mass is 10.0. The number of hydrogen-bond donors (Lipinski definition) is 3. The SMILES string of the molecule is C=C/C=C\C=C(/CC)Oc1ccc(C(=O)c2ccc(O)c(O)c2O)cc1. The van der Waals surface area contributed by atoms with Gasteiger partial charge in [-0.05, 0) is 42.5 Å². The molecule has 5 heteroatoms. The number of phenolic OH excluding ortho intramolecular Hbond substituents is 3. The van der Waals surface area contributed by atoms with Crippen molar-refractivity contribution in [2.45, 2.75) is 13.3 Å². The lowest BCUT2D eigenvalue weighted by molar-refractivity contribution is 0.103. The van der Waals surface area contributed by atoms with Gasteiger partial charge in [0.15, 0.2) is 17.3 Å². The van der Waals surface area contributed by atoms with Gasteiger partial charge in [-0.1, -0.05) is 31.7 Å². The number of carbonyl (C=O) groups is 1. The molecule has 0 unspecified atom stereocenters. The predicted molar refractivity (Wildman–Crippen MR) is 99.6 cm³/mol. The highest BCUT2D eigenvalue weighted by Gasteiger charge is 2.18. The summed E-state index contributed by atoms with van der Waals surface area (Å²) in [6.45, 7) is 5.56. The van der Waals surface area contributed by atoms with Gasteiger partial charge in [-0.2, -0.15) is 0 Å². The first-order valence-corrected chi connectivity index (χ1v) is 8.02. The van der Waals surface area contributed by atoms with Gasteiger partial charge in [-0.15, -0.1) is 0 Å². The van der Waals surface area contributed by atoms with Crippen molar-refractivity contribution in [1.82, 2.24) is 0 Å². The highest BCUT2D eigenvalue weighted by Crippen LogP contribution is 2.38. The van der Waals surface area contributed by atoms with Crippen LogP contribution in [0.3, 0.4) is 0 Å². The molecule has 0 amide bonds. The van der Waals surface area contributed by atoms with Gasteiger partial charge in [0.2, 0.25) is 5.75 Å². The van der Waals surface area contributed by atoms with Crippen molar-refractivity contribution in [2.75, 3.05) is 0 Å². The second-order valence-electron chi connectivity index (χ2n) is 5.39. The molecule has 0 fully saturated rings. The molecule has 0 aliphatic carbocycles. The predicted octanol–water partition coefficient (Wildman–Crippen LogP) is 4.45. The summed E-state index contributed by atoms with van der Waals surface area (Å²) in [5.74, 6) is -1.03. The van der Waals surface area contributed by atoms with Crippen LogP contribution in [0.15, 0.2) is 73.0 Å². The van der Waals surface area contributed by atoms with E-state index in [-0.39, 0.29) is 5.56 Å². The topological polar surface area (TPSA) is 87.0 Å². The van der Waals surface area contributed by atoms with Gasteiger partial charge in [0, 0.05) is 12.0 Å². The highest BCUT2D eigenvalue weighted by molar-refractivity contribution is 6.11. The van der Waals surface area contributed by atoms with E-state index in [1.165, 1.54) is 6.07 Å². The fourth-order valence-electron chi connectivity index (χ4n) is 2.20. The molecule has 2 rings (SSSR count). The molecular weight excluding hydrogens is 332 g/mol. The van der Waals surface area contributed by atoms with Crippen molar-refractivity contribution in [3.05, 3.63) is 84.2 Å². The molecule has 0 saturated heterocycles. The monoisotopic (exact) mass is 352 g/mol. The van der Waals surface area contributed by atoms with Crippen LogP contribution in [0, 0.1) is 0 Å². The van der Waals surface area contributed by atoms with Gasteiger partial charge < -0.3 is 20.1 Å². The van der Waals surface area contributed by atoms with E-state index < -0.39 is 23.0 Å². The molecule has 3 N–H and O–H groups in total. The van der Waals surface area contributed by atoms with Crippen molar-refractivity contribution >= 4 is 5.78 Å². The van der Waals surface area contributed by atoms with Crippen molar-refractivity contribution in [3.63, 3.8) is 0 Å². The van der Waals surface area contributed by atoms with Crippen molar-refractivity contribution < 1.29 is 24.9 Å². The van der Waals surface area contributed by atoms with Crippen LogP contribution in [0.25, 0.3) is 0 Å². The van der Waals surface area contributed by atoms with E-state index in [2.05, 4.69) is 6.58 Å². The normalized spacial score (nSPS) is 11.5. The maximum atomic E-state index is 12.5. The Morgan fingerprint density at radius 2 is 1.73 bits per heavy atom. The molecule has 0 atom stereocenters. The fourth-order valence-corrected chi connectivity index (χ4v) is 2.20. The average Bonchev–Trinajstić information content (AvgIpc) is 2.65. The number of benzene rings is 2. The third-order valence-electron chi connectivity index (χ3n) is 3.62. The van der Waals surface area contributed by atoms with Crippen LogP contribution in [0.1, 0.15) is 29.3 Å². The van der Waals surface area contributed by atoms with Gasteiger partial charge in [0.05, 0.1) is 5.56 Å². The number of allylic oxidation sites excluding steroid dienone is 5. The van der Waals surface area contributed by atoms with Crippen LogP contribution in [0.2, 0.25) is 0 Å². The average molecular weight is 352 g/mol. The fraction of sp³-hybridized carbons (Fsp3) is 0.0952. The molecule has 0 spiro atoms. The first kappa shape index (κ1) is 18.9. The molecule has 26 heavy (non-hydrogen) atoms. The second kappa shape index (κ2) is 8.58. The first-order chi connectivity index (χ1) is 12.5. The van der Waals surface area contributed by atoms with Gasteiger partial charge in [0.25, 0.3) is 0 Å². The Kier molecular flexibility index (Phi) is 6.22. The molecule has 0 saturated carbocycles. The first-order valence-electron chi connectivity index (χ1n) is 8.02. The van der Waals surface area contributed by atoms with E-state index in [0.717, 1.165) is 11.8 Å². The molecule has 0 aromatic heterocycles.